The standard InChI is InChI=1S/C52H57NO16/c1-28(54)23-24-38(58)67-42(40(32-17-11-8-12-18-32)53-46(60)33-19-13-9-14-20-33)48(62)66-35-26-52(63)45(68-47(61)34-21-15-10-16-22-34)43-50(7,36(57)25-37-51(43,27-64-37)69-31(4)56)44(59)41(65-30(3)55)39(29(35)2)49(52,5)6/h8-22,35-37,40-43,45,57,63H,23-27H2,1-7H3,(H,53,60)/t35-,36-,37+,40?,41+,42+,43?,45-,50+,51-,52+/m0/s1. The van der Waals surface area contributed by atoms with Crippen LogP contribution in [0.15, 0.2) is 102 Å². The van der Waals surface area contributed by atoms with Crippen LogP contribution in [0.25, 0.3) is 0 Å². The van der Waals surface area contributed by atoms with Gasteiger partial charge in [-0.2, -0.15) is 0 Å². The predicted molar refractivity (Wildman–Crippen MR) is 241 cm³/mol. The largest absolute Gasteiger partial charge is 0.455 e. The number of aliphatic hydroxyl groups is 2. The lowest BCUT2D eigenvalue weighted by atomic mass is 9.44. The van der Waals surface area contributed by atoms with E-state index in [0.717, 1.165) is 13.8 Å². The molecule has 4 aliphatic rings. The number of Topliss-reactive ketones (excluding diaryl/α,β-unsaturated/α-hetero) is 2. The minimum Gasteiger partial charge on any atom is -0.455 e. The number of benzene rings is 3. The molecule has 3 fully saturated rings. The third kappa shape index (κ3) is 9.22. The number of aliphatic hydroxyl groups excluding tert-OH is 1. The zero-order valence-electron chi connectivity index (χ0n) is 39.4. The number of hydrogen-bond donors (Lipinski definition) is 3. The minimum atomic E-state index is -2.47. The SMILES string of the molecule is CC(=O)CCC(=O)O[C@@H](C(=O)O[C@H]1C[C@@]2(O)[C@@H](OC(=O)c3ccccc3)C3[C@](C)(C(=O)[C@H](OC(C)=O)C(=C1C)C2(C)C)[C@@H](O)C[C@H]1OC[C@@]31OC(C)=O)C(NC(=O)c1ccccc1)c1ccccc1. The molecule has 3 aliphatic carbocycles. The Kier molecular flexibility index (Phi) is 14.2. The molecule has 1 saturated heterocycles. The van der Waals surface area contributed by atoms with Crippen molar-refractivity contribution in [1.29, 1.82) is 0 Å². The van der Waals surface area contributed by atoms with E-state index in [-0.39, 0.29) is 47.5 Å². The third-order valence-electron chi connectivity index (χ3n) is 14.4. The van der Waals surface area contributed by atoms with Crippen LogP contribution in [0.3, 0.4) is 0 Å². The van der Waals surface area contributed by atoms with Gasteiger partial charge in [0.1, 0.15) is 35.7 Å². The lowest BCUT2D eigenvalue weighted by Gasteiger charge is -2.67. The molecular weight excluding hydrogens is 895 g/mol. The summed E-state index contributed by atoms with van der Waals surface area (Å²) in [5, 5.41) is 28.9. The van der Waals surface area contributed by atoms with Crippen LogP contribution < -0.4 is 5.32 Å². The molecule has 1 amide bonds. The summed E-state index contributed by atoms with van der Waals surface area (Å²) < 4.78 is 36.5. The van der Waals surface area contributed by atoms with Crippen molar-refractivity contribution in [2.24, 2.45) is 16.7 Å². The summed E-state index contributed by atoms with van der Waals surface area (Å²) >= 11 is 0. The molecule has 17 heteroatoms. The molecule has 366 valence electrons. The Morgan fingerprint density at radius 1 is 0.797 bits per heavy atom. The van der Waals surface area contributed by atoms with Crippen molar-refractivity contribution in [3.05, 3.63) is 119 Å². The Hall–Kier alpha value is -6.56. The fraction of sp³-hybridized carbons (Fsp3) is 0.462. The topological polar surface area (TPSA) is 244 Å². The number of carbonyl (C=O) groups is 8. The molecule has 0 spiro atoms. The molecule has 0 radical (unpaired) electrons. The second-order valence-electron chi connectivity index (χ2n) is 19.0. The average Bonchev–Trinajstić information content (AvgIpc) is 3.30. The predicted octanol–water partition coefficient (Wildman–Crippen LogP) is 4.66. The van der Waals surface area contributed by atoms with Crippen molar-refractivity contribution in [3.63, 3.8) is 0 Å². The van der Waals surface area contributed by atoms with Crippen molar-refractivity contribution in [2.45, 2.75) is 128 Å². The Labute approximate surface area is 398 Å². The van der Waals surface area contributed by atoms with E-state index in [4.69, 9.17) is 28.4 Å². The average molecular weight is 952 g/mol. The van der Waals surface area contributed by atoms with E-state index < -0.39 is 125 Å². The molecule has 1 aliphatic heterocycles. The van der Waals surface area contributed by atoms with Gasteiger partial charge in [0.2, 0.25) is 6.10 Å². The van der Waals surface area contributed by atoms with Gasteiger partial charge >= 0.3 is 29.8 Å². The van der Waals surface area contributed by atoms with Gasteiger partial charge in [-0.3, -0.25) is 24.0 Å². The van der Waals surface area contributed by atoms with Crippen LogP contribution in [0, 0.1) is 16.7 Å². The molecule has 0 aromatic heterocycles. The number of ketones is 2. The molecule has 2 unspecified atom stereocenters. The van der Waals surface area contributed by atoms with Gasteiger partial charge in [0.15, 0.2) is 17.5 Å². The van der Waals surface area contributed by atoms with E-state index in [1.54, 1.807) is 66.7 Å². The first-order chi connectivity index (χ1) is 32.6. The molecule has 69 heavy (non-hydrogen) atoms. The van der Waals surface area contributed by atoms with E-state index in [0.29, 0.717) is 5.56 Å². The molecule has 11 atom stereocenters. The van der Waals surface area contributed by atoms with Crippen LogP contribution in [-0.2, 0) is 57.2 Å². The summed E-state index contributed by atoms with van der Waals surface area (Å²) in [6.07, 6.45) is -11.5. The van der Waals surface area contributed by atoms with Crippen molar-refractivity contribution >= 4 is 47.3 Å². The number of nitrogens with one attached hydrogen (secondary N) is 1. The van der Waals surface area contributed by atoms with E-state index in [1.807, 2.05) is 0 Å². The summed E-state index contributed by atoms with van der Waals surface area (Å²) in [6, 6.07) is 22.5. The molecule has 2 bridgehead atoms. The van der Waals surface area contributed by atoms with Crippen LogP contribution in [-0.4, -0.2) is 112 Å². The monoisotopic (exact) mass is 951 g/mol. The first-order valence-electron chi connectivity index (χ1n) is 22.8. The van der Waals surface area contributed by atoms with Crippen LogP contribution in [0.2, 0.25) is 0 Å². The summed E-state index contributed by atoms with van der Waals surface area (Å²) in [7, 11) is 0. The van der Waals surface area contributed by atoms with E-state index >= 15 is 9.59 Å². The molecule has 17 nitrogen and oxygen atoms in total. The molecule has 3 aromatic rings. The van der Waals surface area contributed by atoms with Gasteiger partial charge in [-0.25, -0.2) is 9.59 Å². The van der Waals surface area contributed by atoms with E-state index in [2.05, 4.69) is 5.32 Å². The van der Waals surface area contributed by atoms with Crippen molar-refractivity contribution in [2.75, 3.05) is 6.61 Å². The summed E-state index contributed by atoms with van der Waals surface area (Å²) in [5.41, 5.74) is -7.52. The lowest BCUT2D eigenvalue weighted by Crippen LogP contribution is -2.82. The summed E-state index contributed by atoms with van der Waals surface area (Å²) in [5.74, 6) is -8.43. The first kappa shape index (κ1) is 50.3. The molecular formula is C52H57NO16. The maximum Gasteiger partial charge on any atom is 0.350 e. The fourth-order valence-corrected chi connectivity index (χ4v) is 10.8. The van der Waals surface area contributed by atoms with Crippen LogP contribution in [0.1, 0.15) is 106 Å². The van der Waals surface area contributed by atoms with E-state index in [9.17, 15) is 39.0 Å². The normalized spacial score (nSPS) is 29.7. The van der Waals surface area contributed by atoms with Crippen molar-refractivity contribution < 1.29 is 77.0 Å². The van der Waals surface area contributed by atoms with Gasteiger partial charge < -0.3 is 48.7 Å². The van der Waals surface area contributed by atoms with Gasteiger partial charge in [0, 0.05) is 44.1 Å². The Morgan fingerprint density at radius 2 is 1.39 bits per heavy atom. The second-order valence-corrected chi connectivity index (χ2v) is 19.0. The Morgan fingerprint density at radius 3 is 1.94 bits per heavy atom. The lowest BCUT2D eigenvalue weighted by molar-refractivity contribution is -0.346. The number of rotatable bonds is 14. The zero-order valence-corrected chi connectivity index (χ0v) is 39.4. The maximum absolute atomic E-state index is 15.7. The van der Waals surface area contributed by atoms with Gasteiger partial charge in [-0.05, 0) is 61.7 Å². The van der Waals surface area contributed by atoms with Crippen molar-refractivity contribution in [3.8, 4) is 0 Å². The molecule has 7 rings (SSSR count). The second kappa shape index (κ2) is 19.4. The molecule has 3 aromatic carbocycles. The smallest absolute Gasteiger partial charge is 0.350 e. The minimum absolute atomic E-state index is 0.0377. The number of amides is 1. The zero-order chi connectivity index (χ0) is 50.2. The van der Waals surface area contributed by atoms with Crippen LogP contribution in [0.5, 0.6) is 0 Å². The molecule has 1 heterocycles. The summed E-state index contributed by atoms with van der Waals surface area (Å²) in [4.78, 5) is 111. The third-order valence-corrected chi connectivity index (χ3v) is 14.4. The van der Waals surface area contributed by atoms with Crippen LogP contribution in [0.4, 0.5) is 0 Å². The van der Waals surface area contributed by atoms with Gasteiger partial charge in [0.05, 0.1) is 36.0 Å². The van der Waals surface area contributed by atoms with Gasteiger partial charge in [-0.15, -0.1) is 0 Å². The summed E-state index contributed by atoms with van der Waals surface area (Å²) in [6.45, 7) is 9.09. The molecule has 2 saturated carbocycles. The maximum atomic E-state index is 15.7. The Bertz CT molecular complexity index is 2540. The van der Waals surface area contributed by atoms with Gasteiger partial charge in [0.25, 0.3) is 5.91 Å². The van der Waals surface area contributed by atoms with Crippen molar-refractivity contribution in [1.82, 2.24) is 5.32 Å². The van der Waals surface area contributed by atoms with E-state index in [1.165, 1.54) is 58.9 Å². The quantitative estimate of drug-likeness (QED) is 0.113. The number of carbonyl (C=O) groups excluding carboxylic acids is 8. The fourth-order valence-electron chi connectivity index (χ4n) is 10.8. The highest BCUT2D eigenvalue weighted by Crippen LogP contribution is 2.64. The number of esters is 5. The van der Waals surface area contributed by atoms with Gasteiger partial charge in [-0.1, -0.05) is 80.6 Å². The molecule has 3 N–H and O–H groups in total. The number of fused-ring (bicyclic) bond motifs is 5. The highest BCUT2D eigenvalue weighted by atomic mass is 16.6. The highest BCUT2D eigenvalue weighted by Gasteiger charge is 2.78. The van der Waals surface area contributed by atoms with Crippen LogP contribution >= 0.6 is 0 Å². The highest BCUT2D eigenvalue weighted by molar-refractivity contribution is 5.96. The Balaban J connectivity index is 1.42. The first-order valence-corrected chi connectivity index (χ1v) is 22.8. The number of ether oxygens (including phenoxy) is 6. The number of hydrogen-bond acceptors (Lipinski definition) is 16.